The number of carbonyl (C=O) groups is 4. The summed E-state index contributed by atoms with van der Waals surface area (Å²) in [6.07, 6.45) is 10.0. The molecule has 0 aromatic rings. The summed E-state index contributed by atoms with van der Waals surface area (Å²) in [6.45, 7) is 4.39. The Kier molecular flexibility index (Phi) is 12.5. The third-order valence-corrected chi connectivity index (χ3v) is 5.26. The normalized spacial score (nSPS) is 21.1. The van der Waals surface area contributed by atoms with Crippen molar-refractivity contribution in [2.24, 2.45) is 0 Å². The first-order chi connectivity index (χ1) is 16.0. The number of rotatable bonds is 13. The number of aliphatic hydroxyl groups is 1. The minimum atomic E-state index is -1.72. The molecule has 8 nitrogen and oxygen atoms in total. The summed E-state index contributed by atoms with van der Waals surface area (Å²) in [7, 11) is 1.26. The maximum absolute atomic E-state index is 12.7. The van der Waals surface area contributed by atoms with Crippen molar-refractivity contribution in [1.29, 1.82) is 0 Å². The van der Waals surface area contributed by atoms with Gasteiger partial charge in [-0.05, 0) is 37.8 Å². The Morgan fingerprint density at radius 3 is 2.35 bits per heavy atom. The third-order valence-electron chi connectivity index (χ3n) is 4.98. The molecule has 9 heteroatoms. The van der Waals surface area contributed by atoms with Crippen LogP contribution in [0.25, 0.3) is 0 Å². The summed E-state index contributed by atoms with van der Waals surface area (Å²) in [5.41, 5.74) is -1.80. The van der Waals surface area contributed by atoms with Crippen LogP contribution in [0.5, 0.6) is 0 Å². The molecule has 0 spiro atoms. The highest BCUT2D eigenvalue weighted by molar-refractivity contribution is 6.46. The minimum absolute atomic E-state index is 0.0607. The van der Waals surface area contributed by atoms with E-state index in [0.717, 1.165) is 6.42 Å². The van der Waals surface area contributed by atoms with Gasteiger partial charge in [-0.2, -0.15) is 0 Å². The Hall–Kier alpha value is -2.71. The van der Waals surface area contributed by atoms with E-state index in [0.29, 0.717) is 6.42 Å². The number of halogens is 1. The van der Waals surface area contributed by atoms with Crippen molar-refractivity contribution in [1.82, 2.24) is 0 Å². The van der Waals surface area contributed by atoms with Crippen molar-refractivity contribution in [2.45, 2.75) is 77.1 Å². The molecule has 0 heterocycles. The molecule has 0 aromatic carbocycles. The maximum atomic E-state index is 12.7. The Morgan fingerprint density at radius 1 is 1.12 bits per heavy atom. The predicted molar refractivity (Wildman–Crippen MR) is 127 cm³/mol. The molecule has 0 aliphatic heterocycles. The van der Waals surface area contributed by atoms with E-state index in [4.69, 9.17) is 21.1 Å². The van der Waals surface area contributed by atoms with Gasteiger partial charge in [0.2, 0.25) is 5.78 Å². The Bertz CT molecular complexity index is 870. The van der Waals surface area contributed by atoms with Crippen LogP contribution >= 0.6 is 11.6 Å². The highest BCUT2D eigenvalue weighted by Gasteiger charge is 2.42. The number of ketones is 1. The van der Waals surface area contributed by atoms with Gasteiger partial charge in [0.05, 0.1) is 12.1 Å². The molecule has 0 aromatic heterocycles. The molecule has 3 atom stereocenters. The average molecular weight is 497 g/mol. The van der Waals surface area contributed by atoms with Crippen molar-refractivity contribution in [3.63, 3.8) is 0 Å². The van der Waals surface area contributed by atoms with Crippen LogP contribution in [-0.4, -0.2) is 53.7 Å². The van der Waals surface area contributed by atoms with Gasteiger partial charge >= 0.3 is 17.9 Å². The summed E-state index contributed by atoms with van der Waals surface area (Å²) < 4.78 is 15.3. The lowest BCUT2D eigenvalue weighted by Crippen LogP contribution is -2.36. The van der Waals surface area contributed by atoms with E-state index in [1.807, 2.05) is 25.2 Å². The number of esters is 3. The zero-order chi connectivity index (χ0) is 25.7. The summed E-state index contributed by atoms with van der Waals surface area (Å²) in [6, 6.07) is 0. The van der Waals surface area contributed by atoms with Gasteiger partial charge in [-0.1, -0.05) is 42.8 Å². The second-order valence-electron chi connectivity index (χ2n) is 7.81. The quantitative estimate of drug-likeness (QED) is 0.177. The van der Waals surface area contributed by atoms with Gasteiger partial charge in [-0.25, -0.2) is 0 Å². The summed E-state index contributed by atoms with van der Waals surface area (Å²) in [4.78, 5) is 47.7. The van der Waals surface area contributed by atoms with Crippen molar-refractivity contribution < 1.29 is 38.5 Å². The van der Waals surface area contributed by atoms with Crippen LogP contribution in [0, 0.1) is 0 Å². The SMILES string of the molecule is CC/C=C\C/C=C\C[C@]1(O)C=C(Cl)C(=O)/C1=C\[C@H](OC(C)=O)[C@H](CCCC(=O)OC)OC(C)=O. The van der Waals surface area contributed by atoms with Gasteiger partial charge in [-0.15, -0.1) is 0 Å². The topological polar surface area (TPSA) is 116 Å². The zero-order valence-corrected chi connectivity index (χ0v) is 20.8. The van der Waals surface area contributed by atoms with Crippen molar-refractivity contribution in [3.8, 4) is 0 Å². The van der Waals surface area contributed by atoms with Crippen LogP contribution in [0.1, 0.15) is 59.3 Å². The molecule has 1 N–H and O–H groups in total. The number of allylic oxidation sites excluding steroid dienone is 4. The molecule has 0 unspecified atom stereocenters. The monoisotopic (exact) mass is 496 g/mol. The predicted octanol–water partition coefficient (Wildman–Crippen LogP) is 3.86. The lowest BCUT2D eigenvalue weighted by atomic mass is 9.90. The summed E-state index contributed by atoms with van der Waals surface area (Å²) in [5.74, 6) is -2.37. The molecular formula is C25H33ClO8. The number of Topliss-reactive ketones (excluding diaryl/α,β-unsaturated/α-hetero) is 1. The molecule has 0 fully saturated rings. The van der Waals surface area contributed by atoms with Gasteiger partial charge in [-0.3, -0.25) is 19.2 Å². The van der Waals surface area contributed by atoms with Crippen LogP contribution < -0.4 is 0 Å². The number of hydrogen-bond acceptors (Lipinski definition) is 8. The lowest BCUT2D eigenvalue weighted by Gasteiger charge is -2.27. The number of ether oxygens (including phenoxy) is 3. The second kappa shape index (κ2) is 14.5. The molecule has 34 heavy (non-hydrogen) atoms. The highest BCUT2D eigenvalue weighted by atomic mass is 35.5. The maximum Gasteiger partial charge on any atom is 0.305 e. The van der Waals surface area contributed by atoms with Crippen LogP contribution in [0.15, 0.2) is 47.1 Å². The Morgan fingerprint density at radius 2 is 1.76 bits per heavy atom. The van der Waals surface area contributed by atoms with Crippen LogP contribution in [-0.2, 0) is 33.4 Å². The Labute approximate surface area is 205 Å². The zero-order valence-electron chi connectivity index (χ0n) is 20.0. The highest BCUT2D eigenvalue weighted by Crippen LogP contribution is 2.37. The van der Waals surface area contributed by atoms with Gasteiger partial charge < -0.3 is 19.3 Å². The largest absolute Gasteiger partial charge is 0.469 e. The van der Waals surface area contributed by atoms with Crippen LogP contribution in [0.3, 0.4) is 0 Å². The van der Waals surface area contributed by atoms with E-state index in [-0.39, 0.29) is 36.3 Å². The number of carbonyl (C=O) groups excluding carboxylic acids is 4. The van der Waals surface area contributed by atoms with Crippen molar-refractivity contribution >= 4 is 35.3 Å². The molecule has 0 bridgehead atoms. The molecule has 0 saturated heterocycles. The van der Waals surface area contributed by atoms with E-state index in [1.165, 1.54) is 33.1 Å². The molecule has 1 aliphatic rings. The van der Waals surface area contributed by atoms with E-state index >= 15 is 0 Å². The van der Waals surface area contributed by atoms with Gasteiger partial charge in [0, 0.05) is 32.3 Å². The van der Waals surface area contributed by atoms with Crippen LogP contribution in [0.2, 0.25) is 0 Å². The molecular weight excluding hydrogens is 464 g/mol. The molecule has 1 aliphatic carbocycles. The molecule has 188 valence electrons. The minimum Gasteiger partial charge on any atom is -0.469 e. The second-order valence-corrected chi connectivity index (χ2v) is 8.21. The van der Waals surface area contributed by atoms with E-state index in [9.17, 15) is 24.3 Å². The Balaban J connectivity index is 3.23. The standard InChI is InChI=1S/C25H33ClO8/c1-5-6-7-8-9-10-14-25(31)16-20(26)24(30)19(25)15-22(34-18(3)28)21(33-17(2)27)12-11-13-23(29)32-4/h6-7,9-10,15-16,21-22,31H,5,8,11-14H2,1-4H3/b7-6-,10-9-,19-15+/t21-,22-,25-/m0/s1. The van der Waals surface area contributed by atoms with Crippen LogP contribution in [0.4, 0.5) is 0 Å². The first kappa shape index (κ1) is 29.3. The molecule has 0 amide bonds. The first-order valence-corrected chi connectivity index (χ1v) is 11.5. The number of hydrogen-bond donors (Lipinski definition) is 1. The van der Waals surface area contributed by atoms with E-state index in [2.05, 4.69) is 4.74 Å². The fraction of sp³-hybridized carbons (Fsp3) is 0.520. The third kappa shape index (κ3) is 9.65. The number of methoxy groups -OCH3 is 1. The smallest absolute Gasteiger partial charge is 0.305 e. The average Bonchev–Trinajstić information content (AvgIpc) is 2.97. The van der Waals surface area contributed by atoms with Gasteiger partial charge in [0.15, 0.2) is 6.10 Å². The van der Waals surface area contributed by atoms with Gasteiger partial charge in [0.1, 0.15) is 11.7 Å². The summed E-state index contributed by atoms with van der Waals surface area (Å²) in [5, 5.41) is 11.0. The molecule has 1 rings (SSSR count). The van der Waals surface area contributed by atoms with Crippen molar-refractivity contribution in [3.05, 3.63) is 47.1 Å². The molecule has 0 radical (unpaired) electrons. The van der Waals surface area contributed by atoms with Gasteiger partial charge in [0.25, 0.3) is 0 Å². The van der Waals surface area contributed by atoms with E-state index < -0.39 is 41.5 Å². The fourth-order valence-corrected chi connectivity index (χ4v) is 3.68. The van der Waals surface area contributed by atoms with Crippen molar-refractivity contribution in [2.75, 3.05) is 7.11 Å². The first-order valence-electron chi connectivity index (χ1n) is 11.1. The lowest BCUT2D eigenvalue weighted by molar-refractivity contribution is -0.162. The molecule has 0 saturated carbocycles. The fourth-order valence-electron chi connectivity index (χ4n) is 3.39. The summed E-state index contributed by atoms with van der Waals surface area (Å²) >= 11 is 6.04. The van der Waals surface area contributed by atoms with E-state index in [1.54, 1.807) is 6.08 Å².